The second kappa shape index (κ2) is 8.71. The highest BCUT2D eigenvalue weighted by Crippen LogP contribution is 2.11. The van der Waals surface area contributed by atoms with Gasteiger partial charge in [0.15, 0.2) is 0 Å². The van der Waals surface area contributed by atoms with Crippen molar-refractivity contribution < 1.29 is 14.3 Å². The van der Waals surface area contributed by atoms with Crippen LogP contribution in [-0.4, -0.2) is 30.8 Å². The van der Waals surface area contributed by atoms with Crippen molar-refractivity contribution in [1.29, 1.82) is 0 Å². The van der Waals surface area contributed by atoms with Gasteiger partial charge in [-0.05, 0) is 36.8 Å². The summed E-state index contributed by atoms with van der Waals surface area (Å²) in [5.41, 5.74) is 2.49. The molecule has 8 heteroatoms. The summed E-state index contributed by atoms with van der Waals surface area (Å²) in [4.78, 5) is 15.5. The molecule has 2 aromatic heterocycles. The van der Waals surface area contributed by atoms with Crippen molar-refractivity contribution in [3.63, 3.8) is 0 Å². The molecular weight excluding hydrogens is 361 g/mol. The fraction of sp³-hybridized carbons (Fsp3) is 0.300. The normalized spacial score (nSPS) is 11.0. The summed E-state index contributed by atoms with van der Waals surface area (Å²) in [5.74, 6) is 0.366. The molecule has 0 unspecified atom stereocenters. The lowest BCUT2D eigenvalue weighted by atomic mass is 10.2. The smallest absolute Gasteiger partial charge is 0.335 e. The Labute approximate surface area is 162 Å². The number of carboxylic acids is 1. The van der Waals surface area contributed by atoms with Crippen molar-refractivity contribution in [1.82, 2.24) is 25.1 Å². The third-order valence-electron chi connectivity index (χ3n) is 4.32. The number of rotatable bonds is 8. The van der Waals surface area contributed by atoms with E-state index in [-0.39, 0.29) is 11.4 Å². The number of aromatic nitrogens is 4. The van der Waals surface area contributed by atoms with Crippen molar-refractivity contribution >= 4 is 5.97 Å². The Bertz CT molecular complexity index is 969. The quantitative estimate of drug-likeness (QED) is 0.621. The number of hydrogen-bond acceptors (Lipinski definition) is 5. The van der Waals surface area contributed by atoms with Crippen LogP contribution in [-0.2, 0) is 26.1 Å². The Morgan fingerprint density at radius 2 is 1.86 bits per heavy atom. The molecule has 0 atom stereocenters. The number of aryl methyl sites for hydroxylation is 2. The predicted octanol–water partition coefficient (Wildman–Crippen LogP) is 2.72. The highest BCUT2D eigenvalue weighted by Gasteiger charge is 2.12. The minimum Gasteiger partial charge on any atom is -0.478 e. The number of aromatic carboxylic acids is 1. The summed E-state index contributed by atoms with van der Waals surface area (Å²) in [5, 5.41) is 20.9. The average Bonchev–Trinajstić information content (AvgIpc) is 3.05. The molecule has 0 aliphatic heterocycles. The van der Waals surface area contributed by atoms with E-state index in [4.69, 9.17) is 5.11 Å². The van der Waals surface area contributed by atoms with Crippen LogP contribution >= 0.6 is 0 Å². The fourth-order valence-corrected chi connectivity index (χ4v) is 2.97. The first-order valence-corrected chi connectivity index (χ1v) is 9.03. The van der Waals surface area contributed by atoms with Crippen molar-refractivity contribution in [3.05, 3.63) is 76.4 Å². The van der Waals surface area contributed by atoms with Gasteiger partial charge in [0.2, 0.25) is 0 Å². The van der Waals surface area contributed by atoms with Crippen LogP contribution in [0.2, 0.25) is 0 Å². The maximum absolute atomic E-state index is 13.1. The Balaban J connectivity index is 1.70. The topological polar surface area (TPSA) is 92.9 Å². The number of hydrogen-bond donors (Lipinski definition) is 2. The molecule has 0 radical (unpaired) electrons. The van der Waals surface area contributed by atoms with Gasteiger partial charge in [-0.1, -0.05) is 19.1 Å². The van der Waals surface area contributed by atoms with E-state index in [0.717, 1.165) is 23.6 Å². The minimum absolute atomic E-state index is 0.219. The van der Waals surface area contributed by atoms with Gasteiger partial charge in [0.25, 0.3) is 0 Å². The summed E-state index contributed by atoms with van der Waals surface area (Å²) in [6.07, 6.45) is 0.732. The highest BCUT2D eigenvalue weighted by molar-refractivity contribution is 5.87. The molecule has 0 fully saturated rings. The van der Waals surface area contributed by atoms with Gasteiger partial charge in [0.05, 0.1) is 24.3 Å². The van der Waals surface area contributed by atoms with Crippen molar-refractivity contribution in [3.8, 4) is 0 Å². The number of benzene rings is 1. The van der Waals surface area contributed by atoms with E-state index in [2.05, 4.69) is 20.5 Å². The van der Waals surface area contributed by atoms with Crippen LogP contribution in [0, 0.1) is 12.7 Å². The van der Waals surface area contributed by atoms with E-state index >= 15 is 0 Å². The SMILES string of the molecule is CCc1nnc(CNCc2cc(C(=O)O)cc(C)n2)n1Cc1ccc(F)cc1. The molecule has 3 rings (SSSR count). The van der Waals surface area contributed by atoms with Crippen LogP contribution in [0.3, 0.4) is 0 Å². The molecule has 0 aliphatic rings. The highest BCUT2D eigenvalue weighted by atomic mass is 19.1. The lowest BCUT2D eigenvalue weighted by Gasteiger charge is -2.11. The standard InChI is InChI=1S/C20H22FN5O2/c1-3-18-24-25-19(26(18)12-14-4-6-16(21)7-5-14)11-22-10-17-9-15(20(27)28)8-13(2)23-17/h4-9,22H,3,10-12H2,1-2H3,(H,27,28). The van der Waals surface area contributed by atoms with E-state index in [1.165, 1.54) is 12.1 Å². The first-order chi connectivity index (χ1) is 13.5. The van der Waals surface area contributed by atoms with E-state index in [1.54, 1.807) is 31.2 Å². The van der Waals surface area contributed by atoms with Crippen LogP contribution in [0.4, 0.5) is 4.39 Å². The van der Waals surface area contributed by atoms with Gasteiger partial charge in [-0.3, -0.25) is 4.98 Å². The van der Waals surface area contributed by atoms with Crippen molar-refractivity contribution in [2.24, 2.45) is 0 Å². The zero-order valence-corrected chi connectivity index (χ0v) is 15.8. The summed E-state index contributed by atoms with van der Waals surface area (Å²) >= 11 is 0. The molecule has 146 valence electrons. The fourth-order valence-electron chi connectivity index (χ4n) is 2.97. The molecule has 1 aromatic carbocycles. The van der Waals surface area contributed by atoms with Crippen molar-refractivity contribution in [2.45, 2.75) is 39.9 Å². The number of nitrogens with one attached hydrogen (secondary N) is 1. The van der Waals surface area contributed by atoms with E-state index in [9.17, 15) is 9.18 Å². The van der Waals surface area contributed by atoms with E-state index in [1.807, 2.05) is 11.5 Å². The first-order valence-electron chi connectivity index (χ1n) is 9.03. The van der Waals surface area contributed by atoms with Gasteiger partial charge in [0, 0.05) is 18.7 Å². The molecule has 0 spiro atoms. The Kier molecular flexibility index (Phi) is 6.10. The second-order valence-corrected chi connectivity index (χ2v) is 6.50. The zero-order valence-electron chi connectivity index (χ0n) is 15.8. The lowest BCUT2D eigenvalue weighted by molar-refractivity contribution is 0.0696. The first kappa shape index (κ1) is 19.6. The molecule has 0 amide bonds. The van der Waals surface area contributed by atoms with Gasteiger partial charge in [-0.15, -0.1) is 10.2 Å². The molecule has 2 N–H and O–H groups in total. The number of carbonyl (C=O) groups is 1. The Morgan fingerprint density at radius 3 is 2.54 bits per heavy atom. The van der Waals surface area contributed by atoms with Crippen molar-refractivity contribution in [2.75, 3.05) is 0 Å². The molecular formula is C20H22FN5O2. The summed E-state index contributed by atoms with van der Waals surface area (Å²) in [7, 11) is 0. The second-order valence-electron chi connectivity index (χ2n) is 6.50. The third-order valence-corrected chi connectivity index (χ3v) is 4.32. The van der Waals surface area contributed by atoms with E-state index in [0.29, 0.717) is 31.0 Å². The van der Waals surface area contributed by atoms with Crippen LogP contribution in [0.25, 0.3) is 0 Å². The molecule has 0 bridgehead atoms. The monoisotopic (exact) mass is 383 g/mol. The largest absolute Gasteiger partial charge is 0.478 e. The molecule has 0 saturated carbocycles. The van der Waals surface area contributed by atoms with Gasteiger partial charge in [-0.2, -0.15) is 0 Å². The number of carboxylic acid groups (broad SMARTS) is 1. The van der Waals surface area contributed by atoms with E-state index < -0.39 is 5.97 Å². The number of nitrogens with zero attached hydrogens (tertiary/aromatic N) is 4. The molecule has 0 aliphatic carbocycles. The maximum Gasteiger partial charge on any atom is 0.335 e. The van der Waals surface area contributed by atoms with Crippen LogP contribution < -0.4 is 5.32 Å². The third kappa shape index (κ3) is 4.77. The Hall–Kier alpha value is -3.13. The molecule has 0 saturated heterocycles. The molecule has 3 aromatic rings. The van der Waals surface area contributed by atoms with Gasteiger partial charge >= 0.3 is 5.97 Å². The average molecular weight is 383 g/mol. The zero-order chi connectivity index (χ0) is 20.1. The Morgan fingerprint density at radius 1 is 1.14 bits per heavy atom. The minimum atomic E-state index is -0.974. The summed E-state index contributed by atoms with van der Waals surface area (Å²) in [6, 6.07) is 9.47. The van der Waals surface area contributed by atoms with Crippen LogP contribution in [0.15, 0.2) is 36.4 Å². The summed E-state index contributed by atoms with van der Waals surface area (Å²) in [6.45, 7) is 5.19. The van der Waals surface area contributed by atoms with Gasteiger partial charge < -0.3 is 15.0 Å². The number of halogens is 1. The molecule has 2 heterocycles. The predicted molar refractivity (Wildman–Crippen MR) is 101 cm³/mol. The number of pyridine rings is 1. The molecule has 7 nitrogen and oxygen atoms in total. The van der Waals surface area contributed by atoms with Gasteiger partial charge in [0.1, 0.15) is 17.5 Å². The molecule has 28 heavy (non-hydrogen) atoms. The van der Waals surface area contributed by atoms with Crippen LogP contribution in [0.5, 0.6) is 0 Å². The maximum atomic E-state index is 13.1. The lowest BCUT2D eigenvalue weighted by Crippen LogP contribution is -2.19. The van der Waals surface area contributed by atoms with Gasteiger partial charge in [-0.25, -0.2) is 9.18 Å². The van der Waals surface area contributed by atoms with Crippen LogP contribution in [0.1, 0.15) is 45.9 Å². The summed E-state index contributed by atoms with van der Waals surface area (Å²) < 4.78 is 15.1.